The second-order valence-corrected chi connectivity index (χ2v) is 22.0. The maximum Gasteiger partial charge on any atom is -0.00211 e. The van der Waals surface area contributed by atoms with E-state index in [-0.39, 0.29) is 0 Å². The molecule has 0 heterocycles. The molecule has 9 aromatic rings. The average Bonchev–Trinajstić information content (AvgIpc) is 1.28. The van der Waals surface area contributed by atoms with E-state index in [1.807, 2.05) is 52.0 Å². The first kappa shape index (κ1) is 68.0. The highest BCUT2D eigenvalue weighted by Crippen LogP contribution is 2.43. The minimum Gasteiger partial charge on any atom is -0.100 e. The Morgan fingerprint density at radius 3 is 1.69 bits per heavy atom. The molecule has 10 rings (SSSR count). The molecule has 0 bridgehead atoms. The highest BCUT2D eigenvalue weighted by molar-refractivity contribution is 6.24. The van der Waals surface area contributed by atoms with Gasteiger partial charge >= 0.3 is 0 Å². The fourth-order valence-corrected chi connectivity index (χ4v) is 12.0. The van der Waals surface area contributed by atoms with Crippen molar-refractivity contribution in [2.75, 3.05) is 0 Å². The van der Waals surface area contributed by atoms with Gasteiger partial charge < -0.3 is 0 Å². The van der Waals surface area contributed by atoms with Crippen molar-refractivity contribution < 1.29 is 0 Å². The maximum absolute atomic E-state index is 4.32. The van der Waals surface area contributed by atoms with Crippen LogP contribution in [0.4, 0.5) is 0 Å². The summed E-state index contributed by atoms with van der Waals surface area (Å²) >= 11 is 0. The summed E-state index contributed by atoms with van der Waals surface area (Å²) in [7, 11) is 0. The highest BCUT2D eigenvalue weighted by atomic mass is 14.2. The van der Waals surface area contributed by atoms with Crippen molar-refractivity contribution in [1.82, 2.24) is 0 Å². The molecule has 0 N–H and O–H groups in total. The van der Waals surface area contributed by atoms with Crippen LogP contribution in [-0.2, 0) is 12.8 Å². The summed E-state index contributed by atoms with van der Waals surface area (Å²) in [6, 6.07) is 61.6. The molecule has 0 atom stereocenters. The summed E-state index contributed by atoms with van der Waals surface area (Å²) in [6.07, 6.45) is 22.9. The van der Waals surface area contributed by atoms with Gasteiger partial charge in [-0.25, -0.2) is 0 Å². The Hall–Kier alpha value is -7.80. The number of fused-ring (bicyclic) bond motifs is 5. The average molecular weight is 1120 g/mol. The summed E-state index contributed by atoms with van der Waals surface area (Å²) < 4.78 is 0. The number of benzene rings is 9. The maximum atomic E-state index is 4.32. The molecule has 0 saturated heterocycles. The molecule has 0 aliphatic heterocycles. The molecular formula is C85H102. The lowest BCUT2D eigenvalue weighted by Crippen LogP contribution is -2.02. The first-order valence-corrected chi connectivity index (χ1v) is 32.2. The highest BCUT2D eigenvalue weighted by Gasteiger charge is 2.21. The Kier molecular flexibility index (Phi) is 28.4. The molecular weight excluding hydrogens is 1020 g/mol. The van der Waals surface area contributed by atoms with Crippen LogP contribution in [0, 0.1) is 34.6 Å². The molecule has 442 valence electrons. The lowest BCUT2D eigenvalue weighted by atomic mass is 9.81. The first-order valence-electron chi connectivity index (χ1n) is 32.2. The predicted octanol–water partition coefficient (Wildman–Crippen LogP) is 26.3. The largest absolute Gasteiger partial charge is 0.100 e. The Labute approximate surface area is 516 Å². The second-order valence-electron chi connectivity index (χ2n) is 22.0. The zero-order chi connectivity index (χ0) is 61.8. The summed E-state index contributed by atoms with van der Waals surface area (Å²) in [5, 5.41) is 7.92. The molecule has 9 aromatic carbocycles. The van der Waals surface area contributed by atoms with E-state index in [0.717, 1.165) is 44.9 Å². The van der Waals surface area contributed by atoms with E-state index in [0.29, 0.717) is 0 Å². The van der Waals surface area contributed by atoms with Crippen molar-refractivity contribution in [2.24, 2.45) is 0 Å². The molecule has 0 fully saturated rings. The minimum atomic E-state index is 1.02. The fraction of sp³-hybridized carbons (Fsp3) is 0.294. The normalized spacial score (nSPS) is 12.7. The third-order valence-corrected chi connectivity index (χ3v) is 15.8. The van der Waals surface area contributed by atoms with Crippen LogP contribution in [0.2, 0.25) is 0 Å². The third kappa shape index (κ3) is 17.4. The van der Waals surface area contributed by atoms with Gasteiger partial charge in [0.15, 0.2) is 0 Å². The topological polar surface area (TPSA) is 0 Å². The van der Waals surface area contributed by atoms with Crippen LogP contribution in [0.15, 0.2) is 224 Å². The molecule has 85 heavy (non-hydrogen) atoms. The van der Waals surface area contributed by atoms with E-state index in [1.54, 1.807) is 0 Å². The van der Waals surface area contributed by atoms with Crippen LogP contribution in [0.25, 0.3) is 71.8 Å². The van der Waals surface area contributed by atoms with Crippen LogP contribution in [0.5, 0.6) is 0 Å². The minimum absolute atomic E-state index is 1.02. The third-order valence-electron chi connectivity index (χ3n) is 15.8. The van der Waals surface area contributed by atoms with E-state index < -0.39 is 0 Å². The Morgan fingerprint density at radius 2 is 1.12 bits per heavy atom. The van der Waals surface area contributed by atoms with E-state index >= 15 is 0 Å². The molecule has 0 nitrogen and oxygen atoms in total. The molecule has 1 aliphatic rings. The smallest absolute Gasteiger partial charge is 0.00211 e. The van der Waals surface area contributed by atoms with Crippen LogP contribution >= 0.6 is 0 Å². The van der Waals surface area contributed by atoms with Crippen LogP contribution in [0.1, 0.15) is 176 Å². The molecule has 0 aromatic heterocycles. The first-order chi connectivity index (χ1) is 41.4. The summed E-state index contributed by atoms with van der Waals surface area (Å²) in [5.74, 6) is 0. The van der Waals surface area contributed by atoms with Gasteiger partial charge in [0.05, 0.1) is 0 Å². The number of hydrogen-bond acceptors (Lipinski definition) is 0. The zero-order valence-electron chi connectivity index (χ0n) is 55.0. The molecule has 0 amide bonds. The lowest BCUT2D eigenvalue weighted by Gasteiger charge is -2.23. The van der Waals surface area contributed by atoms with Crippen molar-refractivity contribution in [2.45, 2.75) is 168 Å². The fourth-order valence-electron chi connectivity index (χ4n) is 12.0. The van der Waals surface area contributed by atoms with Gasteiger partial charge in [0.1, 0.15) is 0 Å². The summed E-state index contributed by atoms with van der Waals surface area (Å²) in [6.45, 7) is 40.5. The van der Waals surface area contributed by atoms with Gasteiger partial charge in [0.25, 0.3) is 0 Å². The van der Waals surface area contributed by atoms with Crippen molar-refractivity contribution in [3.05, 3.63) is 280 Å². The SMILES string of the molecule is C=C(C)CCC.C=C/C(=C\c1c(C)c2c(C)cc3ccccc3c2c2ccccc12)c1cccc(-c2ccccc2C)c1CCC.CC.CC.CC/C=C1\CCC=C\C1=C(\CC)c1cccc(CCC)c1-c1ccccc1C.Cc1ccccc1. The van der Waals surface area contributed by atoms with Gasteiger partial charge in [-0.15, -0.1) is 6.58 Å². The van der Waals surface area contributed by atoms with Gasteiger partial charge in [0.2, 0.25) is 0 Å². The van der Waals surface area contributed by atoms with Gasteiger partial charge in [-0.05, 0) is 219 Å². The monoisotopic (exact) mass is 1120 g/mol. The Morgan fingerprint density at radius 1 is 0.541 bits per heavy atom. The van der Waals surface area contributed by atoms with E-state index in [1.165, 1.54) is 157 Å². The van der Waals surface area contributed by atoms with Crippen molar-refractivity contribution in [3.63, 3.8) is 0 Å². The van der Waals surface area contributed by atoms with Crippen molar-refractivity contribution >= 4 is 49.5 Å². The van der Waals surface area contributed by atoms with Gasteiger partial charge in [-0.1, -0.05) is 293 Å². The van der Waals surface area contributed by atoms with Crippen LogP contribution in [0.3, 0.4) is 0 Å². The second kappa shape index (κ2) is 35.5. The predicted molar refractivity (Wildman–Crippen MR) is 385 cm³/mol. The molecule has 0 unspecified atom stereocenters. The van der Waals surface area contributed by atoms with E-state index in [2.05, 4.69) is 265 Å². The van der Waals surface area contributed by atoms with E-state index in [9.17, 15) is 0 Å². The van der Waals surface area contributed by atoms with Gasteiger partial charge in [-0.3, -0.25) is 0 Å². The summed E-state index contributed by atoms with van der Waals surface area (Å²) in [5.41, 5.74) is 25.9. The van der Waals surface area contributed by atoms with Gasteiger partial charge in [-0.2, -0.15) is 0 Å². The van der Waals surface area contributed by atoms with E-state index in [4.69, 9.17) is 0 Å². The molecule has 0 heteroatoms. The Bertz CT molecular complexity index is 3730. The van der Waals surface area contributed by atoms with Gasteiger partial charge in [0, 0.05) is 0 Å². The molecule has 0 spiro atoms. The number of allylic oxidation sites excluding steroid dienone is 9. The standard InChI is InChI=1S/C40H36.C28H34.C7H8.C6H12.2C2H6/c1-6-15-34-32(22-14-23-35(34)31-18-10-8-16-26(31)3)29(7-2)25-38-28(5)39-27(4)24-30-17-9-11-19-33(30)40(39)37-21-13-12-20-36(37)38;1-5-13-22-16-9-11-19-26(22)24(7-3)27-20-12-17-23(14-6-2)28(27)25-18-10-8-15-21(25)4;1-7-5-3-2-4-6-7;1-4-5-6(2)3;2*1-2/h7-14,16-25H,2,6,15H2,1,3-5H3;8,10-13,15,17-20H,5-7,9,14,16H2,1-4H3;2-6H,1H3;2,4-5H2,1,3H3;2*1-2H3/b29-25+;22-13+,26-24+;;;;. The van der Waals surface area contributed by atoms with Crippen molar-refractivity contribution in [3.8, 4) is 22.3 Å². The lowest BCUT2D eigenvalue weighted by molar-refractivity contribution is 0.910. The van der Waals surface area contributed by atoms with Crippen LogP contribution < -0.4 is 0 Å². The Balaban J connectivity index is 0.000000253. The summed E-state index contributed by atoms with van der Waals surface area (Å²) in [4.78, 5) is 0. The van der Waals surface area contributed by atoms with Crippen LogP contribution in [-0.4, -0.2) is 0 Å². The quantitative estimate of drug-likeness (QED) is 0.0441. The molecule has 0 saturated carbocycles. The number of rotatable bonds is 14. The number of hydrogen-bond donors (Lipinski definition) is 0. The van der Waals surface area contributed by atoms with Crippen molar-refractivity contribution in [1.29, 1.82) is 0 Å². The zero-order valence-corrected chi connectivity index (χ0v) is 55.0. The molecule has 1 aliphatic carbocycles. The molecule has 0 radical (unpaired) electrons. The number of aryl methyl sites for hydroxylation is 6.